The van der Waals surface area contributed by atoms with Crippen molar-refractivity contribution >= 4 is 17.0 Å². The topological polar surface area (TPSA) is 66.5 Å². The summed E-state index contributed by atoms with van der Waals surface area (Å²) >= 11 is 0. The second-order valence-corrected chi connectivity index (χ2v) is 3.41. The number of imidazole rings is 1. The number of hydrogen-bond acceptors (Lipinski definition) is 4. The summed E-state index contributed by atoms with van der Waals surface area (Å²) < 4.78 is 0. The number of fused-ring (bicyclic) bond motifs is 1. The molecule has 5 nitrogen and oxygen atoms in total. The molecule has 5 heteroatoms. The molecule has 0 unspecified atom stereocenters. The molecule has 0 aliphatic heterocycles. The fraction of sp³-hybridized carbons (Fsp3) is 0.364. The lowest BCUT2D eigenvalue weighted by atomic mass is 10.2. The first-order chi connectivity index (χ1) is 7.92. The number of anilines is 1. The van der Waals surface area contributed by atoms with Gasteiger partial charge < -0.3 is 10.3 Å². The van der Waals surface area contributed by atoms with Gasteiger partial charge in [-0.1, -0.05) is 0 Å². The number of terminal acetylenes is 1. The minimum absolute atomic E-state index is 0.682. The number of rotatable bonds is 5. The number of H-pyrrole nitrogens is 1. The third-order valence-corrected chi connectivity index (χ3v) is 2.26. The van der Waals surface area contributed by atoms with Crippen molar-refractivity contribution < 1.29 is 0 Å². The molecule has 2 aromatic heterocycles. The summed E-state index contributed by atoms with van der Waals surface area (Å²) in [4.78, 5) is 15.3. The molecule has 0 amide bonds. The van der Waals surface area contributed by atoms with Gasteiger partial charge in [-0.2, -0.15) is 0 Å². The Hall–Kier alpha value is -2.09. The second-order valence-electron chi connectivity index (χ2n) is 3.41. The highest BCUT2D eigenvalue weighted by Gasteiger charge is 2.03. The van der Waals surface area contributed by atoms with Crippen LogP contribution in [-0.4, -0.2) is 26.5 Å². The number of aromatic amines is 1. The molecule has 0 radical (unpaired) electrons. The summed E-state index contributed by atoms with van der Waals surface area (Å²) in [5, 5.41) is 3.24. The van der Waals surface area contributed by atoms with E-state index < -0.39 is 0 Å². The number of nitrogens with one attached hydrogen (secondary N) is 2. The van der Waals surface area contributed by atoms with Crippen molar-refractivity contribution in [3.05, 3.63) is 12.7 Å². The normalized spacial score (nSPS) is 10.2. The van der Waals surface area contributed by atoms with Gasteiger partial charge in [0.25, 0.3) is 0 Å². The maximum absolute atomic E-state index is 5.18. The zero-order chi connectivity index (χ0) is 11.2. The van der Waals surface area contributed by atoms with Gasteiger partial charge in [-0.15, -0.1) is 12.3 Å². The Bertz CT molecular complexity index is 496. The van der Waals surface area contributed by atoms with E-state index in [1.165, 1.54) is 6.33 Å². The molecule has 2 N–H and O–H groups in total. The lowest BCUT2D eigenvalue weighted by molar-refractivity contribution is 0.787. The summed E-state index contributed by atoms with van der Waals surface area (Å²) in [5.41, 5.74) is 1.53. The van der Waals surface area contributed by atoms with Gasteiger partial charge >= 0.3 is 0 Å². The standard InChI is InChI=1S/C11H13N5/c1-2-3-4-5-6-12-10-9-11(14-7-13-9)16-8-15-10/h1,7-8H,3-6H2,(H2,12,13,14,15,16). The van der Waals surface area contributed by atoms with E-state index in [0.29, 0.717) is 5.65 Å². The van der Waals surface area contributed by atoms with Gasteiger partial charge in [0.15, 0.2) is 11.5 Å². The SMILES string of the molecule is C#CCCCCNc1ncnc2nc[nH]c12. The van der Waals surface area contributed by atoms with Gasteiger partial charge in [0.05, 0.1) is 6.33 Å². The van der Waals surface area contributed by atoms with E-state index in [9.17, 15) is 0 Å². The molecule has 0 fully saturated rings. The summed E-state index contributed by atoms with van der Waals surface area (Å²) in [7, 11) is 0. The van der Waals surface area contributed by atoms with Gasteiger partial charge in [-0.25, -0.2) is 15.0 Å². The van der Waals surface area contributed by atoms with Crippen molar-refractivity contribution in [3.63, 3.8) is 0 Å². The van der Waals surface area contributed by atoms with E-state index in [0.717, 1.165) is 37.1 Å². The van der Waals surface area contributed by atoms with Crippen LogP contribution in [0, 0.1) is 12.3 Å². The van der Waals surface area contributed by atoms with Crippen LogP contribution in [0.25, 0.3) is 11.2 Å². The van der Waals surface area contributed by atoms with Gasteiger partial charge in [0, 0.05) is 13.0 Å². The predicted octanol–water partition coefficient (Wildman–Crippen LogP) is 1.57. The molecule has 0 atom stereocenters. The monoisotopic (exact) mass is 215 g/mol. The molecular weight excluding hydrogens is 202 g/mol. The largest absolute Gasteiger partial charge is 0.368 e. The number of aromatic nitrogens is 4. The van der Waals surface area contributed by atoms with Crippen LogP contribution in [0.1, 0.15) is 19.3 Å². The summed E-state index contributed by atoms with van der Waals surface area (Å²) in [6.07, 6.45) is 11.2. The Kier molecular flexibility index (Phi) is 3.34. The first-order valence-electron chi connectivity index (χ1n) is 5.23. The minimum atomic E-state index is 0.682. The van der Waals surface area contributed by atoms with Gasteiger partial charge in [0.2, 0.25) is 0 Å². The van der Waals surface area contributed by atoms with E-state index in [1.807, 2.05) is 0 Å². The van der Waals surface area contributed by atoms with Crippen molar-refractivity contribution in [1.29, 1.82) is 0 Å². The van der Waals surface area contributed by atoms with Crippen molar-refractivity contribution in [1.82, 2.24) is 19.9 Å². The van der Waals surface area contributed by atoms with Crippen LogP contribution >= 0.6 is 0 Å². The maximum Gasteiger partial charge on any atom is 0.182 e. The van der Waals surface area contributed by atoms with Crippen LogP contribution in [0.15, 0.2) is 12.7 Å². The summed E-state index contributed by atoms with van der Waals surface area (Å²) in [5.74, 6) is 3.42. The molecule has 0 aliphatic carbocycles. The highest BCUT2D eigenvalue weighted by Crippen LogP contribution is 2.14. The molecule has 0 spiro atoms. The van der Waals surface area contributed by atoms with Crippen LogP contribution in [0.2, 0.25) is 0 Å². The Morgan fingerprint density at radius 2 is 2.25 bits per heavy atom. The van der Waals surface area contributed by atoms with Gasteiger partial charge in [-0.05, 0) is 12.8 Å². The lowest BCUT2D eigenvalue weighted by Gasteiger charge is -2.04. The van der Waals surface area contributed by atoms with Crippen LogP contribution < -0.4 is 5.32 Å². The predicted molar refractivity (Wildman–Crippen MR) is 62.9 cm³/mol. The van der Waals surface area contributed by atoms with E-state index in [2.05, 4.69) is 31.2 Å². The van der Waals surface area contributed by atoms with Crippen LogP contribution in [-0.2, 0) is 0 Å². The zero-order valence-corrected chi connectivity index (χ0v) is 8.90. The van der Waals surface area contributed by atoms with Crippen LogP contribution in [0.4, 0.5) is 5.82 Å². The smallest absolute Gasteiger partial charge is 0.182 e. The van der Waals surface area contributed by atoms with E-state index >= 15 is 0 Å². The molecule has 0 saturated heterocycles. The molecule has 2 heterocycles. The third-order valence-electron chi connectivity index (χ3n) is 2.26. The Morgan fingerprint density at radius 1 is 1.31 bits per heavy atom. The highest BCUT2D eigenvalue weighted by molar-refractivity contribution is 5.81. The number of nitrogens with zero attached hydrogens (tertiary/aromatic N) is 3. The van der Waals surface area contributed by atoms with Gasteiger partial charge in [0.1, 0.15) is 11.8 Å². The molecule has 0 aliphatic rings. The molecule has 0 saturated carbocycles. The molecule has 2 rings (SSSR count). The van der Waals surface area contributed by atoms with Crippen molar-refractivity contribution in [2.75, 3.05) is 11.9 Å². The first-order valence-corrected chi connectivity index (χ1v) is 5.23. The average molecular weight is 215 g/mol. The van der Waals surface area contributed by atoms with E-state index in [-0.39, 0.29) is 0 Å². The molecule has 16 heavy (non-hydrogen) atoms. The highest BCUT2D eigenvalue weighted by atomic mass is 15.1. The fourth-order valence-corrected chi connectivity index (χ4v) is 1.46. The second kappa shape index (κ2) is 5.12. The fourth-order valence-electron chi connectivity index (χ4n) is 1.46. The Labute approximate surface area is 93.7 Å². The van der Waals surface area contributed by atoms with Crippen LogP contribution in [0.3, 0.4) is 0 Å². The third kappa shape index (κ3) is 2.28. The molecule has 0 bridgehead atoms. The molecule has 2 aromatic rings. The lowest BCUT2D eigenvalue weighted by Crippen LogP contribution is -2.04. The van der Waals surface area contributed by atoms with Gasteiger partial charge in [-0.3, -0.25) is 0 Å². The average Bonchev–Trinajstić information content (AvgIpc) is 2.77. The quantitative estimate of drug-likeness (QED) is 0.587. The number of hydrogen-bond donors (Lipinski definition) is 2. The van der Waals surface area contributed by atoms with Crippen LogP contribution in [0.5, 0.6) is 0 Å². The first kappa shape index (κ1) is 10.4. The molecular formula is C11H13N5. The van der Waals surface area contributed by atoms with Crippen molar-refractivity contribution in [3.8, 4) is 12.3 Å². The van der Waals surface area contributed by atoms with E-state index in [4.69, 9.17) is 6.42 Å². The molecule has 82 valence electrons. The minimum Gasteiger partial charge on any atom is -0.368 e. The Balaban J connectivity index is 1.94. The van der Waals surface area contributed by atoms with Crippen molar-refractivity contribution in [2.24, 2.45) is 0 Å². The Morgan fingerprint density at radius 3 is 3.12 bits per heavy atom. The maximum atomic E-state index is 5.18. The van der Waals surface area contributed by atoms with Crippen molar-refractivity contribution in [2.45, 2.75) is 19.3 Å². The van der Waals surface area contributed by atoms with E-state index in [1.54, 1.807) is 6.33 Å². The summed E-state index contributed by atoms with van der Waals surface area (Å²) in [6, 6.07) is 0. The number of unbranched alkanes of at least 4 members (excludes halogenated alkanes) is 2. The zero-order valence-electron chi connectivity index (χ0n) is 8.90. The summed E-state index contributed by atoms with van der Waals surface area (Å²) in [6.45, 7) is 0.854. The molecule has 0 aromatic carbocycles.